The Kier molecular flexibility index (Phi) is 4.37. The van der Waals surface area contributed by atoms with Gasteiger partial charge in [0, 0.05) is 25.5 Å². The van der Waals surface area contributed by atoms with E-state index in [2.05, 4.69) is 63.9 Å². The molecule has 0 unspecified atom stereocenters. The van der Waals surface area contributed by atoms with Gasteiger partial charge in [-0.25, -0.2) is 0 Å². The van der Waals surface area contributed by atoms with Gasteiger partial charge in [-0.15, -0.1) is 0 Å². The van der Waals surface area contributed by atoms with Crippen molar-refractivity contribution in [2.45, 2.75) is 20.4 Å². The van der Waals surface area contributed by atoms with Crippen LogP contribution in [0.2, 0.25) is 0 Å². The highest BCUT2D eigenvalue weighted by atomic mass is 79.9. The minimum atomic E-state index is 0.922. The highest BCUT2D eigenvalue weighted by Gasteiger charge is 2.09. The molecule has 0 saturated carbocycles. The molecule has 0 aliphatic heterocycles. The molecule has 0 fully saturated rings. The number of nitrogens with zero attached hydrogens (tertiary/aromatic N) is 2. The quantitative estimate of drug-likeness (QED) is 0.842. The summed E-state index contributed by atoms with van der Waals surface area (Å²) < 4.78 is 1.04. The van der Waals surface area contributed by atoms with Crippen molar-refractivity contribution < 1.29 is 0 Å². The van der Waals surface area contributed by atoms with Crippen LogP contribution in [0.15, 0.2) is 47.2 Å². The molecule has 0 bridgehead atoms. The van der Waals surface area contributed by atoms with Crippen LogP contribution in [0, 0.1) is 6.92 Å². The van der Waals surface area contributed by atoms with E-state index in [1.165, 1.54) is 16.8 Å². The van der Waals surface area contributed by atoms with Crippen molar-refractivity contribution in [3.05, 3.63) is 58.3 Å². The molecule has 0 aliphatic carbocycles. The van der Waals surface area contributed by atoms with Crippen LogP contribution in [0.3, 0.4) is 0 Å². The Morgan fingerprint density at radius 3 is 2.67 bits per heavy atom. The van der Waals surface area contributed by atoms with Gasteiger partial charge in [0.25, 0.3) is 0 Å². The van der Waals surface area contributed by atoms with Crippen molar-refractivity contribution in [2.24, 2.45) is 0 Å². The zero-order valence-electron chi connectivity index (χ0n) is 10.7. The van der Waals surface area contributed by atoms with Gasteiger partial charge in [0.15, 0.2) is 0 Å². The number of halogens is 1. The van der Waals surface area contributed by atoms with Crippen LogP contribution in [0.5, 0.6) is 0 Å². The maximum Gasteiger partial charge on any atom is 0.0592 e. The summed E-state index contributed by atoms with van der Waals surface area (Å²) in [7, 11) is 0. The van der Waals surface area contributed by atoms with Gasteiger partial charge in [-0.2, -0.15) is 0 Å². The predicted octanol–water partition coefficient (Wildman–Crippen LogP) is 4.18. The smallest absolute Gasteiger partial charge is 0.0592 e. The maximum absolute atomic E-state index is 4.11. The van der Waals surface area contributed by atoms with Gasteiger partial charge in [-0.1, -0.05) is 24.3 Å². The van der Waals surface area contributed by atoms with Crippen molar-refractivity contribution in [2.75, 3.05) is 11.4 Å². The summed E-state index contributed by atoms with van der Waals surface area (Å²) in [6.45, 7) is 6.22. The Morgan fingerprint density at radius 1 is 1.22 bits per heavy atom. The monoisotopic (exact) mass is 304 g/mol. The molecule has 0 saturated heterocycles. The number of benzene rings is 1. The number of anilines is 1. The second-order valence-corrected chi connectivity index (χ2v) is 5.12. The molecule has 0 N–H and O–H groups in total. The largest absolute Gasteiger partial charge is 0.366 e. The summed E-state index contributed by atoms with van der Waals surface area (Å²) in [5, 5.41) is 0. The molecule has 0 amide bonds. The Balaban J connectivity index is 2.26. The van der Waals surface area contributed by atoms with E-state index < -0.39 is 0 Å². The molecular formula is C15H17BrN2. The first kappa shape index (κ1) is 13.1. The topological polar surface area (TPSA) is 16.1 Å². The molecule has 3 heteroatoms. The second-order valence-electron chi connectivity index (χ2n) is 4.27. The minimum Gasteiger partial charge on any atom is -0.366 e. The zero-order valence-corrected chi connectivity index (χ0v) is 12.3. The average molecular weight is 305 g/mol. The third-order valence-electron chi connectivity index (χ3n) is 3.10. The van der Waals surface area contributed by atoms with Gasteiger partial charge in [0.2, 0.25) is 0 Å². The molecule has 94 valence electrons. The number of hydrogen-bond donors (Lipinski definition) is 0. The van der Waals surface area contributed by atoms with Crippen molar-refractivity contribution in [1.82, 2.24) is 4.98 Å². The molecule has 1 heterocycles. The van der Waals surface area contributed by atoms with Gasteiger partial charge in [0.1, 0.15) is 0 Å². The van der Waals surface area contributed by atoms with Crippen LogP contribution in [-0.2, 0) is 6.54 Å². The van der Waals surface area contributed by atoms with E-state index in [-0.39, 0.29) is 0 Å². The van der Waals surface area contributed by atoms with E-state index >= 15 is 0 Å². The summed E-state index contributed by atoms with van der Waals surface area (Å²) in [6, 6.07) is 10.6. The van der Waals surface area contributed by atoms with Crippen LogP contribution in [0.4, 0.5) is 5.69 Å². The van der Waals surface area contributed by atoms with E-state index in [1.807, 2.05) is 18.5 Å². The second kappa shape index (κ2) is 6.01. The van der Waals surface area contributed by atoms with Gasteiger partial charge < -0.3 is 4.90 Å². The predicted molar refractivity (Wildman–Crippen MR) is 79.8 cm³/mol. The fourth-order valence-corrected chi connectivity index (χ4v) is 2.49. The number of aryl methyl sites for hydroxylation is 1. The molecule has 2 rings (SSSR count). The van der Waals surface area contributed by atoms with E-state index in [4.69, 9.17) is 0 Å². The van der Waals surface area contributed by atoms with Crippen molar-refractivity contribution >= 4 is 21.6 Å². The highest BCUT2D eigenvalue weighted by Crippen LogP contribution is 2.26. The molecule has 1 aromatic heterocycles. The van der Waals surface area contributed by atoms with E-state index in [9.17, 15) is 0 Å². The maximum atomic E-state index is 4.11. The Hall–Kier alpha value is -1.35. The molecule has 0 spiro atoms. The van der Waals surface area contributed by atoms with E-state index in [0.29, 0.717) is 0 Å². The Bertz CT molecular complexity index is 525. The molecule has 2 nitrogen and oxygen atoms in total. The van der Waals surface area contributed by atoms with Crippen LogP contribution in [0.1, 0.15) is 18.1 Å². The Morgan fingerprint density at radius 2 is 2.00 bits per heavy atom. The number of aromatic nitrogens is 1. The van der Waals surface area contributed by atoms with Crippen molar-refractivity contribution in [3.63, 3.8) is 0 Å². The summed E-state index contributed by atoms with van der Waals surface area (Å²) in [5.41, 5.74) is 3.89. The lowest BCUT2D eigenvalue weighted by Gasteiger charge is -2.25. The Labute approximate surface area is 117 Å². The fraction of sp³-hybridized carbons (Fsp3) is 0.267. The highest BCUT2D eigenvalue weighted by molar-refractivity contribution is 9.10. The summed E-state index contributed by atoms with van der Waals surface area (Å²) >= 11 is 3.57. The summed E-state index contributed by atoms with van der Waals surface area (Å²) in [6.07, 6.45) is 3.68. The van der Waals surface area contributed by atoms with Crippen LogP contribution in [0.25, 0.3) is 0 Å². The lowest BCUT2D eigenvalue weighted by molar-refractivity contribution is 0.823. The van der Waals surface area contributed by atoms with E-state index in [1.54, 1.807) is 0 Å². The summed E-state index contributed by atoms with van der Waals surface area (Å²) in [5.74, 6) is 0. The van der Waals surface area contributed by atoms with Crippen LogP contribution in [-0.4, -0.2) is 11.5 Å². The molecule has 1 aromatic carbocycles. The van der Waals surface area contributed by atoms with Crippen molar-refractivity contribution in [3.8, 4) is 0 Å². The first-order valence-corrected chi connectivity index (χ1v) is 6.90. The van der Waals surface area contributed by atoms with E-state index in [0.717, 1.165) is 17.6 Å². The van der Waals surface area contributed by atoms with Crippen LogP contribution < -0.4 is 4.90 Å². The van der Waals surface area contributed by atoms with Gasteiger partial charge in [-0.05, 0) is 47.0 Å². The van der Waals surface area contributed by atoms with Gasteiger partial charge in [-0.3, -0.25) is 4.98 Å². The van der Waals surface area contributed by atoms with Crippen molar-refractivity contribution in [1.29, 1.82) is 0 Å². The lowest BCUT2D eigenvalue weighted by atomic mass is 10.1. The van der Waals surface area contributed by atoms with Crippen LogP contribution >= 0.6 is 15.9 Å². The average Bonchev–Trinajstić information content (AvgIpc) is 2.39. The zero-order chi connectivity index (χ0) is 13.0. The standard InChI is InChI=1S/C15H17BrN2/c1-3-18(15-8-9-17-10-14(15)16)11-13-7-5-4-6-12(13)2/h4-10H,3,11H2,1-2H3. The molecule has 18 heavy (non-hydrogen) atoms. The first-order chi connectivity index (χ1) is 8.72. The lowest BCUT2D eigenvalue weighted by Crippen LogP contribution is -2.22. The molecule has 0 atom stereocenters. The molecular weight excluding hydrogens is 288 g/mol. The third-order valence-corrected chi connectivity index (χ3v) is 3.71. The number of rotatable bonds is 4. The fourth-order valence-electron chi connectivity index (χ4n) is 1.98. The number of hydrogen-bond acceptors (Lipinski definition) is 2. The normalized spacial score (nSPS) is 10.4. The first-order valence-electron chi connectivity index (χ1n) is 6.11. The molecule has 0 radical (unpaired) electrons. The molecule has 2 aromatic rings. The number of pyridine rings is 1. The minimum absolute atomic E-state index is 0.922. The molecule has 0 aliphatic rings. The third kappa shape index (κ3) is 2.91. The van der Waals surface area contributed by atoms with Gasteiger partial charge in [0.05, 0.1) is 10.2 Å². The summed E-state index contributed by atoms with van der Waals surface area (Å²) in [4.78, 5) is 6.45. The SMILES string of the molecule is CCN(Cc1ccccc1C)c1ccncc1Br. The van der Waals surface area contributed by atoms with Gasteiger partial charge >= 0.3 is 0 Å².